The number of ether oxygens (including phenoxy) is 2. The van der Waals surface area contributed by atoms with Crippen LogP contribution in [-0.2, 0) is 12.0 Å². The van der Waals surface area contributed by atoms with Crippen LogP contribution in [-0.4, -0.2) is 73.5 Å². The lowest BCUT2D eigenvalue weighted by atomic mass is 9.83. The lowest BCUT2D eigenvalue weighted by molar-refractivity contribution is 0.0350. The molecule has 0 bridgehead atoms. The van der Waals surface area contributed by atoms with Gasteiger partial charge < -0.3 is 29.7 Å². The molecule has 41 heavy (non-hydrogen) atoms. The first-order valence-electron chi connectivity index (χ1n) is 13.9. The highest BCUT2D eigenvalue weighted by atomic mass is 79.9. The number of amidine groups is 1. The minimum absolute atomic E-state index is 0. The van der Waals surface area contributed by atoms with Crippen LogP contribution in [0.5, 0.6) is 11.5 Å². The molecule has 1 fully saturated rings. The first kappa shape index (κ1) is 32.4. The second-order valence-corrected chi connectivity index (χ2v) is 12.0. The Kier molecular flexibility index (Phi) is 9.80. The molecule has 0 unspecified atom stereocenters. The average Bonchev–Trinajstić information content (AvgIpc) is 3.20. The van der Waals surface area contributed by atoms with Crippen molar-refractivity contribution in [2.24, 2.45) is 0 Å². The normalized spacial score (nSPS) is 16.1. The second-order valence-electron chi connectivity index (χ2n) is 12.0. The maximum absolute atomic E-state index is 13.8. The standard InChI is InChI=1S/C31H42N4O5.BrH/c1-8-40-26-15-20-17-35(28(32)21(20)16-22(26)29(37)33-6)18-25(36)19-13-23(30(2,3)4)27(39-7)24(14-19)34-11-9-31(5,38)10-12-34;/h13-16,32,38H,8-12,17-18H2,1-7H3,(H,33,37);1H. The Morgan fingerprint density at radius 3 is 2.37 bits per heavy atom. The molecule has 9 nitrogen and oxygen atoms in total. The van der Waals surface area contributed by atoms with E-state index >= 15 is 0 Å². The SMILES string of the molecule is Br.CCOc1cc2c(cc1C(=O)NC)C(=N)N(CC(=O)c1cc(N3CCC(C)(O)CC3)c(OC)c(C(C)(C)C)c1)C2. The van der Waals surface area contributed by atoms with E-state index < -0.39 is 5.60 Å². The topological polar surface area (TPSA) is 115 Å². The summed E-state index contributed by atoms with van der Waals surface area (Å²) in [5, 5.41) is 21.9. The lowest BCUT2D eigenvalue weighted by Gasteiger charge is -2.38. The zero-order valence-corrected chi connectivity index (χ0v) is 26.9. The van der Waals surface area contributed by atoms with Crippen LogP contribution in [0.1, 0.15) is 84.9 Å². The quantitative estimate of drug-likeness (QED) is 0.362. The van der Waals surface area contributed by atoms with E-state index in [1.807, 2.05) is 26.0 Å². The van der Waals surface area contributed by atoms with Crippen molar-refractivity contribution < 1.29 is 24.2 Å². The minimum atomic E-state index is -0.700. The van der Waals surface area contributed by atoms with Gasteiger partial charge in [0.2, 0.25) is 0 Å². The number of benzene rings is 2. The summed E-state index contributed by atoms with van der Waals surface area (Å²) in [5.41, 5.74) is 3.21. The Morgan fingerprint density at radius 2 is 1.80 bits per heavy atom. The van der Waals surface area contributed by atoms with Crippen LogP contribution >= 0.6 is 17.0 Å². The number of aliphatic hydroxyl groups is 1. The molecule has 2 aliphatic rings. The minimum Gasteiger partial charge on any atom is -0.494 e. The molecule has 224 valence electrons. The molecular formula is C31H43BrN4O5. The fraction of sp³-hybridized carbons (Fsp3) is 0.516. The molecule has 2 aromatic rings. The smallest absolute Gasteiger partial charge is 0.254 e. The van der Waals surface area contributed by atoms with Crippen molar-refractivity contribution in [2.45, 2.75) is 65.0 Å². The summed E-state index contributed by atoms with van der Waals surface area (Å²) < 4.78 is 11.6. The Labute approximate surface area is 253 Å². The van der Waals surface area contributed by atoms with Gasteiger partial charge in [0.05, 0.1) is 37.1 Å². The Bertz CT molecular complexity index is 1320. The number of fused-ring (bicyclic) bond motifs is 1. The molecule has 0 aliphatic carbocycles. The number of piperidine rings is 1. The number of methoxy groups -OCH3 is 1. The van der Waals surface area contributed by atoms with Gasteiger partial charge in [-0.25, -0.2) is 0 Å². The Balaban J connectivity index is 0.00000462. The summed E-state index contributed by atoms with van der Waals surface area (Å²) in [7, 11) is 3.21. The number of carbonyl (C=O) groups excluding carboxylic acids is 2. The molecule has 2 aromatic carbocycles. The van der Waals surface area contributed by atoms with Crippen molar-refractivity contribution in [2.75, 3.05) is 45.3 Å². The molecule has 10 heteroatoms. The van der Waals surface area contributed by atoms with Crippen molar-refractivity contribution in [3.63, 3.8) is 0 Å². The van der Waals surface area contributed by atoms with E-state index in [9.17, 15) is 14.7 Å². The highest BCUT2D eigenvalue weighted by Crippen LogP contribution is 2.42. The van der Waals surface area contributed by atoms with Gasteiger partial charge in [-0.1, -0.05) is 20.8 Å². The highest BCUT2D eigenvalue weighted by Gasteiger charge is 2.33. The van der Waals surface area contributed by atoms with Gasteiger partial charge >= 0.3 is 0 Å². The van der Waals surface area contributed by atoms with Gasteiger partial charge in [-0.2, -0.15) is 0 Å². The van der Waals surface area contributed by atoms with Crippen molar-refractivity contribution in [1.29, 1.82) is 5.41 Å². The molecule has 0 atom stereocenters. The number of nitrogens with one attached hydrogen (secondary N) is 2. The molecule has 1 saturated heterocycles. The van der Waals surface area contributed by atoms with Gasteiger partial charge in [-0.3, -0.25) is 15.0 Å². The van der Waals surface area contributed by atoms with Gasteiger partial charge in [0.25, 0.3) is 5.91 Å². The number of carbonyl (C=O) groups is 2. The summed E-state index contributed by atoms with van der Waals surface area (Å²) >= 11 is 0. The largest absolute Gasteiger partial charge is 0.494 e. The monoisotopic (exact) mass is 630 g/mol. The van der Waals surface area contributed by atoms with Crippen LogP contribution in [0, 0.1) is 5.41 Å². The van der Waals surface area contributed by atoms with Crippen LogP contribution in [0.2, 0.25) is 0 Å². The highest BCUT2D eigenvalue weighted by molar-refractivity contribution is 8.93. The van der Waals surface area contributed by atoms with Crippen LogP contribution in [0.3, 0.4) is 0 Å². The van der Waals surface area contributed by atoms with Gasteiger partial charge in [-0.05, 0) is 61.9 Å². The summed E-state index contributed by atoms with van der Waals surface area (Å²) in [6.07, 6.45) is 1.26. The number of nitrogens with zero attached hydrogens (tertiary/aromatic N) is 2. The fourth-order valence-corrected chi connectivity index (χ4v) is 5.43. The molecule has 2 aliphatic heterocycles. The van der Waals surface area contributed by atoms with Gasteiger partial charge in [0.1, 0.15) is 17.3 Å². The van der Waals surface area contributed by atoms with Gasteiger partial charge in [-0.15, -0.1) is 17.0 Å². The fourth-order valence-electron chi connectivity index (χ4n) is 5.43. The van der Waals surface area contributed by atoms with E-state index in [1.54, 1.807) is 31.2 Å². The summed E-state index contributed by atoms with van der Waals surface area (Å²) in [6.45, 7) is 12.1. The van der Waals surface area contributed by atoms with Crippen LogP contribution in [0.15, 0.2) is 24.3 Å². The van der Waals surface area contributed by atoms with E-state index in [4.69, 9.17) is 14.9 Å². The average molecular weight is 632 g/mol. The van der Waals surface area contributed by atoms with E-state index in [-0.39, 0.29) is 46.5 Å². The van der Waals surface area contributed by atoms with E-state index in [2.05, 4.69) is 31.0 Å². The van der Waals surface area contributed by atoms with Crippen molar-refractivity contribution >= 4 is 40.2 Å². The maximum Gasteiger partial charge on any atom is 0.254 e. The molecule has 2 heterocycles. The Hall–Kier alpha value is -3.11. The van der Waals surface area contributed by atoms with Gasteiger partial charge in [0, 0.05) is 43.4 Å². The predicted octanol–water partition coefficient (Wildman–Crippen LogP) is 4.70. The van der Waals surface area contributed by atoms with E-state index in [0.29, 0.717) is 61.5 Å². The van der Waals surface area contributed by atoms with E-state index in [1.165, 1.54) is 0 Å². The summed E-state index contributed by atoms with van der Waals surface area (Å²) in [5.74, 6) is 1.04. The Morgan fingerprint density at radius 1 is 1.15 bits per heavy atom. The summed E-state index contributed by atoms with van der Waals surface area (Å²) in [6, 6.07) is 7.28. The third kappa shape index (κ3) is 6.70. The molecule has 0 radical (unpaired) electrons. The van der Waals surface area contributed by atoms with E-state index in [0.717, 1.165) is 22.6 Å². The molecule has 0 aromatic heterocycles. The third-order valence-corrected chi connectivity index (χ3v) is 7.83. The molecule has 0 saturated carbocycles. The third-order valence-electron chi connectivity index (χ3n) is 7.83. The zero-order valence-electron chi connectivity index (χ0n) is 25.1. The zero-order chi connectivity index (χ0) is 29.4. The van der Waals surface area contributed by atoms with Crippen molar-refractivity contribution in [1.82, 2.24) is 10.2 Å². The molecule has 4 rings (SSSR count). The first-order valence-corrected chi connectivity index (χ1v) is 13.9. The van der Waals surface area contributed by atoms with Crippen LogP contribution < -0.4 is 19.7 Å². The van der Waals surface area contributed by atoms with Crippen LogP contribution in [0.25, 0.3) is 0 Å². The molecule has 1 amide bonds. The maximum atomic E-state index is 13.8. The molecular weight excluding hydrogens is 588 g/mol. The number of hydrogen-bond acceptors (Lipinski definition) is 7. The van der Waals surface area contributed by atoms with Gasteiger partial charge in [0.15, 0.2) is 5.78 Å². The number of Topliss-reactive ketones (excluding diaryl/α,β-unsaturated/α-hetero) is 1. The number of anilines is 1. The van der Waals surface area contributed by atoms with Crippen LogP contribution in [0.4, 0.5) is 5.69 Å². The number of halogens is 1. The summed E-state index contributed by atoms with van der Waals surface area (Å²) in [4.78, 5) is 30.2. The van der Waals surface area contributed by atoms with Crippen molar-refractivity contribution in [3.8, 4) is 11.5 Å². The molecule has 3 N–H and O–H groups in total. The number of hydrogen-bond donors (Lipinski definition) is 3. The second kappa shape index (κ2) is 12.4. The number of ketones is 1. The predicted molar refractivity (Wildman–Crippen MR) is 167 cm³/mol. The lowest BCUT2D eigenvalue weighted by Crippen LogP contribution is -2.42. The number of rotatable bonds is 8. The first-order chi connectivity index (χ1) is 18.8. The molecule has 0 spiro atoms. The number of amides is 1. The van der Waals surface area contributed by atoms with Crippen molar-refractivity contribution in [3.05, 3.63) is 52.1 Å².